The highest BCUT2D eigenvalue weighted by Crippen LogP contribution is 1.98. The molecule has 0 aliphatic carbocycles. The molecule has 0 aromatic carbocycles. The van der Waals surface area contributed by atoms with E-state index >= 15 is 0 Å². The summed E-state index contributed by atoms with van der Waals surface area (Å²) in [7, 11) is 0. The van der Waals surface area contributed by atoms with Crippen molar-refractivity contribution in [2.45, 2.75) is 19.9 Å². The van der Waals surface area contributed by atoms with Crippen LogP contribution in [-0.2, 0) is 9.59 Å². The lowest BCUT2D eigenvalue weighted by Gasteiger charge is -2.25. The van der Waals surface area contributed by atoms with Gasteiger partial charge in [0.1, 0.15) is 6.04 Å². The molecule has 0 saturated heterocycles. The zero-order valence-corrected chi connectivity index (χ0v) is 8.54. The first-order valence-corrected chi connectivity index (χ1v) is 4.53. The number of likely N-dealkylation sites (N-methyl/N-ethyl adjacent to an activating group) is 1. The van der Waals surface area contributed by atoms with E-state index < -0.39 is 12.0 Å². The number of carboxylic acids is 1. The zero-order valence-electron chi connectivity index (χ0n) is 7.65. The Labute approximate surface area is 82.5 Å². The summed E-state index contributed by atoms with van der Waals surface area (Å²) >= 11 is 3.90. The van der Waals surface area contributed by atoms with Crippen molar-refractivity contribution in [3.63, 3.8) is 0 Å². The highest BCUT2D eigenvalue weighted by molar-refractivity contribution is 7.80. The van der Waals surface area contributed by atoms with Gasteiger partial charge >= 0.3 is 5.97 Å². The molecule has 1 unspecified atom stereocenters. The number of amides is 1. The SMILES string of the molecule is CCN(NC(C)=O)C(CS)C(=O)O. The van der Waals surface area contributed by atoms with Crippen molar-refractivity contribution >= 4 is 24.5 Å². The van der Waals surface area contributed by atoms with Crippen LogP contribution in [0.2, 0.25) is 0 Å². The quantitative estimate of drug-likeness (QED) is 0.428. The van der Waals surface area contributed by atoms with E-state index in [4.69, 9.17) is 5.11 Å². The van der Waals surface area contributed by atoms with Crippen molar-refractivity contribution in [1.29, 1.82) is 0 Å². The molecule has 13 heavy (non-hydrogen) atoms. The number of aliphatic carboxylic acids is 1. The molecule has 0 fully saturated rings. The lowest BCUT2D eigenvalue weighted by Crippen LogP contribution is -2.52. The largest absolute Gasteiger partial charge is 0.480 e. The van der Waals surface area contributed by atoms with Crippen LogP contribution in [0.3, 0.4) is 0 Å². The summed E-state index contributed by atoms with van der Waals surface area (Å²) in [4.78, 5) is 21.4. The summed E-state index contributed by atoms with van der Waals surface area (Å²) in [5.74, 6) is -1.12. The maximum atomic E-state index is 10.7. The molecule has 1 atom stereocenters. The fourth-order valence-corrected chi connectivity index (χ4v) is 1.24. The van der Waals surface area contributed by atoms with Gasteiger partial charge in [-0.15, -0.1) is 0 Å². The Hall–Kier alpha value is -0.750. The normalized spacial score (nSPS) is 12.6. The van der Waals surface area contributed by atoms with Gasteiger partial charge < -0.3 is 5.11 Å². The van der Waals surface area contributed by atoms with Crippen molar-refractivity contribution in [3.8, 4) is 0 Å². The number of carbonyl (C=O) groups is 2. The number of thiol groups is 1. The molecule has 0 aliphatic heterocycles. The number of carbonyl (C=O) groups excluding carboxylic acids is 1. The average molecular weight is 206 g/mol. The third-order valence-electron chi connectivity index (χ3n) is 1.48. The van der Waals surface area contributed by atoms with Crippen LogP contribution in [0.15, 0.2) is 0 Å². The summed E-state index contributed by atoms with van der Waals surface area (Å²) in [5.41, 5.74) is 2.43. The number of nitrogens with zero attached hydrogens (tertiary/aromatic N) is 1. The summed E-state index contributed by atoms with van der Waals surface area (Å²) in [6, 6.07) is -0.780. The third kappa shape index (κ3) is 4.14. The maximum absolute atomic E-state index is 10.7. The van der Waals surface area contributed by atoms with Crippen molar-refractivity contribution in [3.05, 3.63) is 0 Å². The van der Waals surface area contributed by atoms with Crippen molar-refractivity contribution in [2.24, 2.45) is 0 Å². The molecule has 0 aromatic rings. The zero-order chi connectivity index (χ0) is 10.4. The molecule has 2 N–H and O–H groups in total. The molecule has 0 rings (SSSR count). The predicted octanol–water partition coefficient (Wildman–Crippen LogP) is -0.258. The van der Waals surface area contributed by atoms with Gasteiger partial charge in [0, 0.05) is 19.2 Å². The Kier molecular flexibility index (Phi) is 5.48. The number of carboxylic acid groups (broad SMARTS) is 1. The summed E-state index contributed by atoms with van der Waals surface area (Å²) < 4.78 is 0. The molecular weight excluding hydrogens is 192 g/mol. The monoisotopic (exact) mass is 206 g/mol. The number of rotatable bonds is 5. The number of hydrogen-bond donors (Lipinski definition) is 3. The average Bonchev–Trinajstić information content (AvgIpc) is 2.02. The summed E-state index contributed by atoms with van der Waals surface area (Å²) in [6.07, 6.45) is 0. The van der Waals surface area contributed by atoms with Gasteiger partial charge in [0.15, 0.2) is 0 Å². The van der Waals surface area contributed by atoms with E-state index in [1.807, 2.05) is 0 Å². The molecule has 0 saturated carbocycles. The molecule has 0 heterocycles. The molecule has 0 aliphatic rings. The number of hydrogen-bond acceptors (Lipinski definition) is 4. The minimum atomic E-state index is -0.995. The Morgan fingerprint density at radius 2 is 2.15 bits per heavy atom. The van der Waals surface area contributed by atoms with E-state index in [1.165, 1.54) is 11.9 Å². The van der Waals surface area contributed by atoms with Crippen LogP contribution in [-0.4, -0.2) is 40.3 Å². The highest BCUT2D eigenvalue weighted by atomic mass is 32.1. The predicted molar refractivity (Wildman–Crippen MR) is 51.5 cm³/mol. The van der Waals surface area contributed by atoms with E-state index in [-0.39, 0.29) is 11.7 Å². The van der Waals surface area contributed by atoms with Crippen LogP contribution < -0.4 is 5.43 Å². The van der Waals surface area contributed by atoms with Gasteiger partial charge in [-0.2, -0.15) is 12.6 Å². The fourth-order valence-electron chi connectivity index (χ4n) is 0.890. The Morgan fingerprint density at radius 3 is 2.38 bits per heavy atom. The summed E-state index contributed by atoms with van der Waals surface area (Å²) in [6.45, 7) is 3.52. The van der Waals surface area contributed by atoms with Crippen molar-refractivity contribution < 1.29 is 14.7 Å². The van der Waals surface area contributed by atoms with Gasteiger partial charge in [-0.3, -0.25) is 15.0 Å². The van der Waals surface area contributed by atoms with Crippen LogP contribution in [0.4, 0.5) is 0 Å². The first-order chi connectivity index (χ1) is 6.02. The van der Waals surface area contributed by atoms with Gasteiger partial charge in [-0.1, -0.05) is 6.92 Å². The lowest BCUT2D eigenvalue weighted by atomic mass is 10.3. The Balaban J connectivity index is 4.33. The van der Waals surface area contributed by atoms with Gasteiger partial charge in [-0.05, 0) is 0 Å². The van der Waals surface area contributed by atoms with Crippen LogP contribution in [0.5, 0.6) is 0 Å². The molecule has 0 radical (unpaired) electrons. The molecule has 0 bridgehead atoms. The smallest absolute Gasteiger partial charge is 0.323 e. The van der Waals surface area contributed by atoms with Crippen molar-refractivity contribution in [2.75, 3.05) is 12.3 Å². The fraction of sp³-hybridized carbons (Fsp3) is 0.714. The lowest BCUT2D eigenvalue weighted by molar-refractivity contribution is -0.144. The maximum Gasteiger partial charge on any atom is 0.323 e. The molecule has 1 amide bonds. The minimum Gasteiger partial charge on any atom is -0.480 e. The molecule has 6 heteroatoms. The van der Waals surface area contributed by atoms with Gasteiger partial charge in [0.05, 0.1) is 0 Å². The van der Waals surface area contributed by atoms with E-state index in [0.29, 0.717) is 6.54 Å². The molecular formula is C7H14N2O3S. The van der Waals surface area contributed by atoms with Gasteiger partial charge in [-0.25, -0.2) is 5.01 Å². The summed E-state index contributed by atoms with van der Waals surface area (Å²) in [5, 5.41) is 10.1. The second-order valence-electron chi connectivity index (χ2n) is 2.49. The minimum absolute atomic E-state index is 0.156. The molecule has 0 spiro atoms. The highest BCUT2D eigenvalue weighted by Gasteiger charge is 2.23. The van der Waals surface area contributed by atoms with E-state index in [0.717, 1.165) is 0 Å². The van der Waals surface area contributed by atoms with Crippen molar-refractivity contribution in [1.82, 2.24) is 10.4 Å². The first-order valence-electron chi connectivity index (χ1n) is 3.90. The Bertz CT molecular complexity index is 198. The number of hydrazine groups is 1. The topological polar surface area (TPSA) is 69.6 Å². The Morgan fingerprint density at radius 1 is 1.62 bits per heavy atom. The van der Waals surface area contributed by atoms with Crippen LogP contribution in [0.25, 0.3) is 0 Å². The molecule has 76 valence electrons. The number of nitrogens with one attached hydrogen (secondary N) is 1. The molecule has 0 aromatic heterocycles. The van der Waals surface area contributed by atoms with Gasteiger partial charge in [0.2, 0.25) is 5.91 Å². The van der Waals surface area contributed by atoms with Gasteiger partial charge in [0.25, 0.3) is 0 Å². The second-order valence-corrected chi connectivity index (χ2v) is 2.86. The second kappa shape index (κ2) is 5.82. The standard InChI is InChI=1S/C7H14N2O3S/c1-3-9(8-5(2)10)6(4-13)7(11)12/h6,13H,3-4H2,1-2H3,(H,8,10)(H,11,12). The van der Waals surface area contributed by atoms with E-state index in [1.54, 1.807) is 6.92 Å². The third-order valence-corrected chi connectivity index (χ3v) is 1.82. The molecule has 5 nitrogen and oxygen atoms in total. The van der Waals surface area contributed by atoms with Crippen LogP contribution in [0, 0.1) is 0 Å². The first kappa shape index (κ1) is 12.2. The van der Waals surface area contributed by atoms with E-state index in [2.05, 4.69) is 18.1 Å². The van der Waals surface area contributed by atoms with E-state index in [9.17, 15) is 9.59 Å². The van der Waals surface area contributed by atoms with Crippen LogP contribution >= 0.6 is 12.6 Å². The van der Waals surface area contributed by atoms with Crippen LogP contribution in [0.1, 0.15) is 13.8 Å².